The molecule has 0 radical (unpaired) electrons. The van der Waals surface area contributed by atoms with Crippen LogP contribution in [0.1, 0.15) is 84.5 Å². The van der Waals surface area contributed by atoms with E-state index in [1.54, 1.807) is 0 Å². The molecule has 0 amide bonds. The second kappa shape index (κ2) is 12.5. The Kier molecular flexibility index (Phi) is 10.0. The standard InChI is InChI=1S/C23H34O8/c1-15(21(25)29-17(3)23(27)31-19-12-8-5-9-13-19)14-20(24)28-16(2)22(26)30-18-10-6-4-7-11-18/h16-19H,1,4-14H2,2-3H3. The van der Waals surface area contributed by atoms with Crippen molar-refractivity contribution in [2.75, 3.05) is 0 Å². The topological polar surface area (TPSA) is 105 Å². The van der Waals surface area contributed by atoms with Crippen LogP contribution < -0.4 is 0 Å². The lowest BCUT2D eigenvalue weighted by molar-refractivity contribution is -0.172. The summed E-state index contributed by atoms with van der Waals surface area (Å²) in [7, 11) is 0. The van der Waals surface area contributed by atoms with Crippen molar-refractivity contribution in [1.29, 1.82) is 0 Å². The van der Waals surface area contributed by atoms with Crippen LogP contribution >= 0.6 is 0 Å². The van der Waals surface area contributed by atoms with Gasteiger partial charge in [-0.15, -0.1) is 0 Å². The third-order valence-corrected chi connectivity index (χ3v) is 5.57. The van der Waals surface area contributed by atoms with E-state index < -0.39 is 42.5 Å². The predicted octanol–water partition coefficient (Wildman–Crippen LogP) is 3.55. The summed E-state index contributed by atoms with van der Waals surface area (Å²) in [5, 5.41) is 0. The Bertz CT molecular complexity index is 658. The molecule has 0 spiro atoms. The number of carbonyl (C=O) groups is 4. The Labute approximate surface area is 183 Å². The monoisotopic (exact) mass is 438 g/mol. The van der Waals surface area contributed by atoms with Crippen LogP contribution in [-0.2, 0) is 38.1 Å². The van der Waals surface area contributed by atoms with Gasteiger partial charge in [0.15, 0.2) is 12.2 Å². The molecule has 0 aromatic rings. The van der Waals surface area contributed by atoms with E-state index >= 15 is 0 Å². The summed E-state index contributed by atoms with van der Waals surface area (Å²) in [5.41, 5.74) is -0.171. The summed E-state index contributed by atoms with van der Waals surface area (Å²) in [6.45, 7) is 6.36. The Hall–Kier alpha value is -2.38. The van der Waals surface area contributed by atoms with Gasteiger partial charge in [-0.25, -0.2) is 14.4 Å². The van der Waals surface area contributed by atoms with Crippen molar-refractivity contribution >= 4 is 23.9 Å². The van der Waals surface area contributed by atoms with Crippen LogP contribution in [0.15, 0.2) is 12.2 Å². The zero-order chi connectivity index (χ0) is 22.8. The smallest absolute Gasteiger partial charge is 0.347 e. The number of esters is 4. The minimum absolute atomic E-state index is 0.137. The van der Waals surface area contributed by atoms with Crippen molar-refractivity contribution in [2.45, 2.75) is 109 Å². The molecule has 8 nitrogen and oxygen atoms in total. The van der Waals surface area contributed by atoms with Gasteiger partial charge in [0, 0.05) is 5.57 Å². The Morgan fingerprint density at radius 3 is 1.61 bits per heavy atom. The normalized spacial score (nSPS) is 19.5. The molecule has 2 saturated carbocycles. The maximum absolute atomic E-state index is 12.1. The largest absolute Gasteiger partial charge is 0.460 e. The predicted molar refractivity (Wildman–Crippen MR) is 111 cm³/mol. The summed E-state index contributed by atoms with van der Waals surface area (Å²) in [6.07, 6.45) is 6.65. The molecule has 0 aromatic carbocycles. The molecule has 2 fully saturated rings. The highest BCUT2D eigenvalue weighted by atomic mass is 16.6. The summed E-state index contributed by atoms with van der Waals surface area (Å²) < 4.78 is 20.8. The van der Waals surface area contributed by atoms with E-state index in [0.717, 1.165) is 64.2 Å². The quantitative estimate of drug-likeness (QED) is 0.306. The van der Waals surface area contributed by atoms with E-state index in [1.807, 2.05) is 0 Å². The number of ether oxygens (including phenoxy) is 4. The van der Waals surface area contributed by atoms with E-state index in [1.165, 1.54) is 13.8 Å². The Morgan fingerprint density at radius 2 is 1.16 bits per heavy atom. The van der Waals surface area contributed by atoms with Crippen molar-refractivity contribution in [1.82, 2.24) is 0 Å². The molecular weight excluding hydrogens is 404 g/mol. The van der Waals surface area contributed by atoms with Gasteiger partial charge in [0.05, 0.1) is 6.42 Å². The van der Waals surface area contributed by atoms with Crippen LogP contribution in [0.3, 0.4) is 0 Å². The van der Waals surface area contributed by atoms with Gasteiger partial charge in [-0.3, -0.25) is 4.79 Å². The molecule has 0 saturated heterocycles. The second-order valence-corrected chi connectivity index (χ2v) is 8.35. The van der Waals surface area contributed by atoms with Gasteiger partial charge in [-0.1, -0.05) is 19.4 Å². The van der Waals surface area contributed by atoms with Gasteiger partial charge < -0.3 is 18.9 Å². The van der Waals surface area contributed by atoms with E-state index in [2.05, 4.69) is 6.58 Å². The maximum Gasteiger partial charge on any atom is 0.347 e. The molecular formula is C23H34O8. The lowest BCUT2D eigenvalue weighted by Gasteiger charge is -2.23. The summed E-state index contributed by atoms with van der Waals surface area (Å²) in [5.74, 6) is -2.91. The summed E-state index contributed by atoms with van der Waals surface area (Å²) in [4.78, 5) is 48.4. The van der Waals surface area contributed by atoms with Gasteiger partial charge in [0.1, 0.15) is 12.2 Å². The zero-order valence-electron chi connectivity index (χ0n) is 18.6. The summed E-state index contributed by atoms with van der Waals surface area (Å²) >= 11 is 0. The molecule has 0 aromatic heterocycles. The fourth-order valence-corrected chi connectivity index (χ4v) is 3.71. The third kappa shape index (κ3) is 8.71. The van der Waals surface area contributed by atoms with E-state index in [9.17, 15) is 19.2 Å². The molecule has 0 heterocycles. The van der Waals surface area contributed by atoms with Crippen molar-refractivity contribution in [3.8, 4) is 0 Å². The minimum atomic E-state index is -1.11. The first kappa shape index (κ1) is 24.9. The molecule has 2 atom stereocenters. The third-order valence-electron chi connectivity index (χ3n) is 5.57. The van der Waals surface area contributed by atoms with Crippen LogP contribution in [0.4, 0.5) is 0 Å². The number of hydrogen-bond donors (Lipinski definition) is 0. The number of hydrogen-bond acceptors (Lipinski definition) is 8. The highest BCUT2D eigenvalue weighted by Gasteiger charge is 2.28. The van der Waals surface area contributed by atoms with Crippen molar-refractivity contribution in [2.24, 2.45) is 0 Å². The molecule has 2 rings (SSSR count). The fourth-order valence-electron chi connectivity index (χ4n) is 3.71. The van der Waals surface area contributed by atoms with Gasteiger partial charge >= 0.3 is 23.9 Å². The molecule has 2 aliphatic carbocycles. The maximum atomic E-state index is 12.1. The highest BCUT2D eigenvalue weighted by Crippen LogP contribution is 2.22. The van der Waals surface area contributed by atoms with Gasteiger partial charge in [0.2, 0.25) is 0 Å². The average molecular weight is 439 g/mol. The first-order valence-corrected chi connectivity index (χ1v) is 11.3. The zero-order valence-corrected chi connectivity index (χ0v) is 18.6. The van der Waals surface area contributed by atoms with Crippen LogP contribution in [0.5, 0.6) is 0 Å². The van der Waals surface area contributed by atoms with Crippen LogP contribution in [-0.4, -0.2) is 48.3 Å². The van der Waals surface area contributed by atoms with Crippen LogP contribution in [0, 0.1) is 0 Å². The molecule has 2 unspecified atom stereocenters. The molecule has 31 heavy (non-hydrogen) atoms. The van der Waals surface area contributed by atoms with Gasteiger partial charge in [-0.2, -0.15) is 0 Å². The van der Waals surface area contributed by atoms with Gasteiger partial charge in [0.25, 0.3) is 0 Å². The summed E-state index contributed by atoms with van der Waals surface area (Å²) in [6, 6.07) is 0. The second-order valence-electron chi connectivity index (χ2n) is 8.35. The number of rotatable bonds is 9. The lowest BCUT2D eigenvalue weighted by Crippen LogP contribution is -2.32. The SMILES string of the molecule is C=C(CC(=O)OC(C)C(=O)OC1CCCCC1)C(=O)OC(C)C(=O)OC1CCCCC1. The minimum Gasteiger partial charge on any atom is -0.460 e. The molecule has 0 N–H and O–H groups in total. The number of carbonyl (C=O) groups excluding carboxylic acids is 4. The van der Waals surface area contributed by atoms with Crippen molar-refractivity contribution in [3.05, 3.63) is 12.2 Å². The Morgan fingerprint density at radius 1 is 0.742 bits per heavy atom. The van der Waals surface area contributed by atoms with Crippen molar-refractivity contribution < 1.29 is 38.1 Å². The Balaban J connectivity index is 1.70. The first-order chi connectivity index (χ1) is 14.8. The lowest BCUT2D eigenvalue weighted by atomic mass is 9.98. The van der Waals surface area contributed by atoms with E-state index in [-0.39, 0.29) is 17.8 Å². The molecule has 0 bridgehead atoms. The van der Waals surface area contributed by atoms with Crippen LogP contribution in [0.25, 0.3) is 0 Å². The molecule has 0 aliphatic heterocycles. The molecule has 8 heteroatoms. The average Bonchev–Trinajstić information content (AvgIpc) is 2.74. The van der Waals surface area contributed by atoms with E-state index in [4.69, 9.17) is 18.9 Å². The highest BCUT2D eigenvalue weighted by molar-refractivity contribution is 5.95. The van der Waals surface area contributed by atoms with Crippen molar-refractivity contribution in [3.63, 3.8) is 0 Å². The van der Waals surface area contributed by atoms with E-state index in [0.29, 0.717) is 0 Å². The fraction of sp³-hybridized carbons (Fsp3) is 0.739. The molecule has 174 valence electrons. The van der Waals surface area contributed by atoms with Gasteiger partial charge in [-0.05, 0) is 65.2 Å². The van der Waals surface area contributed by atoms with Crippen LogP contribution in [0.2, 0.25) is 0 Å². The first-order valence-electron chi connectivity index (χ1n) is 11.3. The molecule has 2 aliphatic rings.